The van der Waals surface area contributed by atoms with Crippen molar-refractivity contribution in [3.05, 3.63) is 105 Å². The Morgan fingerprint density at radius 1 is 1.07 bits per heavy atom. The first kappa shape index (κ1) is 31.1. The second-order valence-corrected chi connectivity index (χ2v) is 13.1. The molecular formula is C36H40ClFN6O. The van der Waals surface area contributed by atoms with E-state index in [1.54, 1.807) is 23.0 Å². The molecule has 0 bridgehead atoms. The molecule has 0 aliphatic carbocycles. The molecule has 7 nitrogen and oxygen atoms in total. The fraction of sp³-hybridized carbons (Fsp3) is 0.389. The van der Waals surface area contributed by atoms with E-state index < -0.39 is 11.5 Å². The lowest BCUT2D eigenvalue weighted by atomic mass is 9.91. The van der Waals surface area contributed by atoms with E-state index in [1.807, 2.05) is 36.4 Å². The molecule has 5 aromatic rings. The molecule has 1 saturated heterocycles. The summed E-state index contributed by atoms with van der Waals surface area (Å²) in [4.78, 5) is 20.5. The summed E-state index contributed by atoms with van der Waals surface area (Å²) in [6, 6.07) is 18.2. The van der Waals surface area contributed by atoms with Gasteiger partial charge in [0.05, 0.1) is 22.1 Å². The van der Waals surface area contributed by atoms with Crippen LogP contribution in [0.5, 0.6) is 0 Å². The number of hydrogen-bond acceptors (Lipinski definition) is 5. The number of aromatic amines is 1. The summed E-state index contributed by atoms with van der Waals surface area (Å²) in [6.45, 7) is 4.39. The number of nitrogens with zero attached hydrogens (tertiary/aromatic N) is 4. The highest BCUT2D eigenvalue weighted by molar-refractivity contribution is 6.31. The summed E-state index contributed by atoms with van der Waals surface area (Å²) < 4.78 is 16.7. The molecule has 2 atom stereocenters. The monoisotopic (exact) mass is 626 g/mol. The summed E-state index contributed by atoms with van der Waals surface area (Å²) in [5, 5.41) is 12.8. The normalized spacial score (nSPS) is 16.9. The fourth-order valence-corrected chi connectivity index (χ4v) is 6.64. The molecule has 9 heteroatoms. The van der Waals surface area contributed by atoms with E-state index in [1.165, 1.54) is 18.4 Å². The van der Waals surface area contributed by atoms with Gasteiger partial charge in [0.2, 0.25) is 0 Å². The third kappa shape index (κ3) is 7.51. The summed E-state index contributed by atoms with van der Waals surface area (Å²) >= 11 is 6.29. The molecule has 0 unspecified atom stereocenters. The number of aryl methyl sites for hydroxylation is 2. The molecule has 45 heavy (non-hydrogen) atoms. The van der Waals surface area contributed by atoms with Crippen LogP contribution in [0.3, 0.4) is 0 Å². The Hall–Kier alpha value is -3.88. The zero-order valence-electron chi connectivity index (χ0n) is 25.9. The molecule has 0 saturated carbocycles. The minimum Gasteiger partial charge on any atom is -0.339 e. The Morgan fingerprint density at radius 2 is 1.91 bits per heavy atom. The van der Waals surface area contributed by atoms with Crippen molar-refractivity contribution in [3.8, 4) is 16.9 Å². The Bertz CT molecular complexity index is 1800. The van der Waals surface area contributed by atoms with Crippen molar-refractivity contribution in [1.29, 1.82) is 0 Å². The first-order valence-electron chi connectivity index (χ1n) is 16.1. The minimum atomic E-state index is -0.481. The zero-order valence-corrected chi connectivity index (χ0v) is 26.7. The summed E-state index contributed by atoms with van der Waals surface area (Å²) in [7, 11) is 0. The predicted octanol–water partition coefficient (Wildman–Crippen LogP) is 8.15. The van der Waals surface area contributed by atoms with Gasteiger partial charge < -0.3 is 10.3 Å². The van der Waals surface area contributed by atoms with Gasteiger partial charge >= 0.3 is 5.69 Å². The van der Waals surface area contributed by atoms with Crippen molar-refractivity contribution in [1.82, 2.24) is 30.0 Å². The van der Waals surface area contributed by atoms with E-state index in [4.69, 9.17) is 11.6 Å². The summed E-state index contributed by atoms with van der Waals surface area (Å²) in [5.74, 6) is 0.128. The SMILES string of the molecule is CC(C)CCCc1cc(Cl)c(F)c(-c2cc3cn(-c4ccc([C@@H]5CCC[C@@H](CCCc6cccnn6)N5)cc4)c(=O)nc3[nH]2)c1. The number of aromatic nitrogens is 5. The van der Waals surface area contributed by atoms with E-state index in [0.29, 0.717) is 34.3 Å². The minimum absolute atomic E-state index is 0.0964. The molecule has 1 fully saturated rings. The Morgan fingerprint density at radius 3 is 2.69 bits per heavy atom. The van der Waals surface area contributed by atoms with Crippen LogP contribution in [-0.4, -0.2) is 30.8 Å². The third-order valence-electron chi connectivity index (χ3n) is 8.80. The number of nitrogens with one attached hydrogen (secondary N) is 2. The molecule has 4 heterocycles. The van der Waals surface area contributed by atoms with E-state index in [9.17, 15) is 4.79 Å². The predicted molar refractivity (Wildman–Crippen MR) is 178 cm³/mol. The highest BCUT2D eigenvalue weighted by atomic mass is 35.5. The number of piperidine rings is 1. The van der Waals surface area contributed by atoms with Gasteiger partial charge in [-0.05, 0) is 104 Å². The molecule has 0 spiro atoms. The van der Waals surface area contributed by atoms with Gasteiger partial charge in [-0.15, -0.1) is 0 Å². The van der Waals surface area contributed by atoms with Crippen molar-refractivity contribution in [2.24, 2.45) is 5.92 Å². The molecular weight excluding hydrogens is 587 g/mol. The van der Waals surface area contributed by atoms with Gasteiger partial charge in [0.25, 0.3) is 0 Å². The van der Waals surface area contributed by atoms with Crippen molar-refractivity contribution < 1.29 is 4.39 Å². The van der Waals surface area contributed by atoms with Crippen LogP contribution in [-0.2, 0) is 12.8 Å². The second kappa shape index (κ2) is 14.0. The molecule has 3 aromatic heterocycles. The maximum Gasteiger partial charge on any atom is 0.354 e. The van der Waals surface area contributed by atoms with Crippen LogP contribution >= 0.6 is 11.6 Å². The van der Waals surface area contributed by atoms with Crippen LogP contribution in [0.1, 0.15) is 81.7 Å². The molecule has 1 aliphatic rings. The topological polar surface area (TPSA) is 88.5 Å². The standard InChI is InChI=1S/C36H40ClFN6O/c1-23(2)7-3-8-24-19-30(34(38)31(37)20-24)33-21-26-22-44(36(45)42-35(26)41-33)29-16-14-25(15-17-29)32-13-5-10-27(40-32)9-4-11-28-12-6-18-39-43-28/h6,12,14-23,27,32,40H,3-5,7-11,13H2,1-2H3,(H,41,42,45)/t27-,32+/m1/s1. The zero-order chi connectivity index (χ0) is 31.3. The summed E-state index contributed by atoms with van der Waals surface area (Å²) in [5.41, 5.74) is 4.92. The average Bonchev–Trinajstić information content (AvgIpc) is 3.45. The number of fused-ring (bicyclic) bond motifs is 1. The van der Waals surface area contributed by atoms with E-state index in [0.717, 1.165) is 61.9 Å². The van der Waals surface area contributed by atoms with E-state index in [-0.39, 0.29) is 11.1 Å². The summed E-state index contributed by atoms with van der Waals surface area (Å²) in [6.07, 6.45) is 12.9. The molecule has 1 aliphatic heterocycles. The second-order valence-electron chi connectivity index (χ2n) is 12.7. The van der Waals surface area contributed by atoms with Gasteiger partial charge in [-0.2, -0.15) is 15.2 Å². The van der Waals surface area contributed by atoms with Gasteiger partial charge in [-0.3, -0.25) is 4.57 Å². The lowest BCUT2D eigenvalue weighted by Gasteiger charge is -2.31. The third-order valence-corrected chi connectivity index (χ3v) is 9.08. The fourth-order valence-electron chi connectivity index (χ4n) is 6.40. The molecule has 2 aromatic carbocycles. The molecule has 6 rings (SSSR count). The Kier molecular flexibility index (Phi) is 9.71. The van der Waals surface area contributed by atoms with Crippen molar-refractivity contribution in [2.45, 2.75) is 83.7 Å². The van der Waals surface area contributed by atoms with Gasteiger partial charge in [0.1, 0.15) is 5.65 Å². The van der Waals surface area contributed by atoms with E-state index >= 15 is 4.39 Å². The van der Waals surface area contributed by atoms with Crippen molar-refractivity contribution in [2.75, 3.05) is 0 Å². The molecule has 0 radical (unpaired) electrons. The molecule has 2 N–H and O–H groups in total. The van der Waals surface area contributed by atoms with Gasteiger partial charge in [-0.1, -0.05) is 50.4 Å². The maximum absolute atomic E-state index is 15.2. The van der Waals surface area contributed by atoms with Crippen LogP contribution in [0, 0.1) is 11.7 Å². The first-order chi connectivity index (χ1) is 21.8. The smallest absolute Gasteiger partial charge is 0.339 e. The largest absolute Gasteiger partial charge is 0.354 e. The van der Waals surface area contributed by atoms with Crippen LogP contribution < -0.4 is 11.0 Å². The first-order valence-corrected chi connectivity index (χ1v) is 16.5. The maximum atomic E-state index is 15.2. The highest BCUT2D eigenvalue weighted by Crippen LogP contribution is 2.32. The lowest BCUT2D eigenvalue weighted by molar-refractivity contribution is 0.308. The number of hydrogen-bond donors (Lipinski definition) is 2. The average molecular weight is 627 g/mol. The van der Waals surface area contributed by atoms with Crippen molar-refractivity contribution in [3.63, 3.8) is 0 Å². The van der Waals surface area contributed by atoms with Crippen molar-refractivity contribution >= 4 is 22.6 Å². The van der Waals surface area contributed by atoms with Crippen LogP contribution in [0.2, 0.25) is 5.02 Å². The number of halogens is 2. The molecule has 0 amide bonds. The Balaban J connectivity index is 1.16. The van der Waals surface area contributed by atoms with Crippen LogP contribution in [0.25, 0.3) is 28.0 Å². The Labute approximate surface area is 268 Å². The number of H-pyrrole nitrogens is 1. The van der Waals surface area contributed by atoms with Gasteiger partial charge in [-0.25, -0.2) is 9.18 Å². The molecule has 234 valence electrons. The lowest BCUT2D eigenvalue weighted by Crippen LogP contribution is -2.36. The van der Waals surface area contributed by atoms with Gasteiger partial charge in [0.15, 0.2) is 5.82 Å². The van der Waals surface area contributed by atoms with Crippen LogP contribution in [0.15, 0.2) is 71.8 Å². The van der Waals surface area contributed by atoms with Crippen LogP contribution in [0.4, 0.5) is 4.39 Å². The van der Waals surface area contributed by atoms with Gasteiger partial charge in [0, 0.05) is 35.4 Å². The van der Waals surface area contributed by atoms with E-state index in [2.05, 4.69) is 51.5 Å². The quantitative estimate of drug-likeness (QED) is 0.154. The number of rotatable bonds is 11. The highest BCUT2D eigenvalue weighted by Gasteiger charge is 2.22. The number of benzene rings is 2.